The van der Waals surface area contributed by atoms with Crippen molar-refractivity contribution in [2.45, 2.75) is 39.2 Å². The van der Waals surface area contributed by atoms with Crippen LogP contribution in [0.2, 0.25) is 0 Å². The van der Waals surface area contributed by atoms with Crippen LogP contribution in [0.5, 0.6) is 0 Å². The van der Waals surface area contributed by atoms with Crippen LogP contribution in [0.15, 0.2) is 33.9 Å². The van der Waals surface area contributed by atoms with E-state index in [0.29, 0.717) is 36.4 Å². The first-order valence-corrected chi connectivity index (χ1v) is 9.80. The Hall–Kier alpha value is -1.75. The van der Waals surface area contributed by atoms with Gasteiger partial charge in [-0.15, -0.1) is 24.0 Å². The number of aliphatic imine (C=N–C) groups is 1. The quantitative estimate of drug-likeness (QED) is 0.327. The number of likely N-dealkylation sites (N-methyl/N-ethyl adjacent to an activating group) is 1. The van der Waals surface area contributed by atoms with Crippen molar-refractivity contribution in [2.24, 2.45) is 4.99 Å². The number of nitrogens with zero attached hydrogens (tertiary/aromatic N) is 5. The Morgan fingerprint density at radius 1 is 1.32 bits per heavy atom. The number of guanidine groups is 1. The van der Waals surface area contributed by atoms with Gasteiger partial charge in [-0.25, -0.2) is 0 Å². The number of nitrogens with one attached hydrogen (secondary N) is 2. The minimum atomic E-state index is 0. The van der Waals surface area contributed by atoms with Gasteiger partial charge in [0.2, 0.25) is 0 Å². The molecule has 0 radical (unpaired) electrons. The van der Waals surface area contributed by atoms with E-state index >= 15 is 0 Å². The van der Waals surface area contributed by atoms with E-state index in [1.165, 1.54) is 19.4 Å². The van der Waals surface area contributed by atoms with Gasteiger partial charge in [-0.3, -0.25) is 14.9 Å². The lowest BCUT2D eigenvalue weighted by Crippen LogP contribution is -2.40. The Labute approximate surface area is 183 Å². The van der Waals surface area contributed by atoms with E-state index in [9.17, 15) is 0 Å². The Kier molecular flexibility index (Phi) is 9.62. The molecule has 0 saturated carbocycles. The molecular formula is C19H30IN7O. The summed E-state index contributed by atoms with van der Waals surface area (Å²) in [5.41, 5.74) is 0.691. The van der Waals surface area contributed by atoms with Gasteiger partial charge < -0.3 is 15.2 Å². The van der Waals surface area contributed by atoms with Gasteiger partial charge in [-0.1, -0.05) is 18.1 Å². The van der Waals surface area contributed by atoms with Crippen molar-refractivity contribution in [3.63, 3.8) is 0 Å². The minimum absolute atomic E-state index is 0. The lowest BCUT2D eigenvalue weighted by molar-refractivity contribution is 0.273. The maximum absolute atomic E-state index is 5.29. The fourth-order valence-corrected chi connectivity index (χ4v) is 3.30. The maximum atomic E-state index is 5.29. The molecule has 1 aliphatic rings. The topological polar surface area (TPSA) is 91.5 Å². The summed E-state index contributed by atoms with van der Waals surface area (Å²) in [4.78, 5) is 15.9. The molecule has 1 saturated heterocycles. The van der Waals surface area contributed by atoms with E-state index in [1.807, 2.05) is 18.2 Å². The lowest BCUT2D eigenvalue weighted by Gasteiger charge is -2.21. The predicted octanol–water partition coefficient (Wildman–Crippen LogP) is 2.33. The van der Waals surface area contributed by atoms with Gasteiger partial charge in [-0.05, 0) is 45.0 Å². The van der Waals surface area contributed by atoms with Gasteiger partial charge in [0.25, 0.3) is 5.89 Å². The van der Waals surface area contributed by atoms with Crippen LogP contribution in [-0.2, 0) is 6.42 Å². The minimum Gasteiger partial charge on any atom is -0.357 e. The van der Waals surface area contributed by atoms with Crippen LogP contribution in [0.25, 0.3) is 11.6 Å². The largest absolute Gasteiger partial charge is 0.357 e. The third-order valence-electron chi connectivity index (χ3n) is 4.70. The molecule has 0 amide bonds. The van der Waals surface area contributed by atoms with Gasteiger partial charge in [0, 0.05) is 31.7 Å². The molecule has 1 aliphatic heterocycles. The summed E-state index contributed by atoms with van der Waals surface area (Å²) >= 11 is 0. The predicted molar refractivity (Wildman–Crippen MR) is 121 cm³/mol. The highest BCUT2D eigenvalue weighted by atomic mass is 127. The van der Waals surface area contributed by atoms with E-state index in [-0.39, 0.29) is 24.0 Å². The highest BCUT2D eigenvalue weighted by Crippen LogP contribution is 2.16. The summed E-state index contributed by atoms with van der Waals surface area (Å²) < 4.78 is 5.29. The van der Waals surface area contributed by atoms with E-state index in [1.54, 1.807) is 6.20 Å². The average Bonchev–Trinajstić information content (AvgIpc) is 3.36. The van der Waals surface area contributed by atoms with Crippen LogP contribution in [0.3, 0.4) is 0 Å². The number of halogens is 1. The molecule has 2 aromatic rings. The summed E-state index contributed by atoms with van der Waals surface area (Å²) in [6.45, 7) is 8.93. The van der Waals surface area contributed by atoms with Crippen molar-refractivity contribution in [2.75, 3.05) is 32.7 Å². The number of likely N-dealkylation sites (tertiary alicyclic amines) is 1. The van der Waals surface area contributed by atoms with Crippen LogP contribution >= 0.6 is 24.0 Å². The SMILES string of the molecule is CCNC(=NCC1CCCN1CC)NCCc1noc(-c2ccccn2)n1.I. The molecule has 1 fully saturated rings. The molecule has 0 bridgehead atoms. The average molecular weight is 499 g/mol. The second kappa shape index (κ2) is 11.9. The zero-order valence-corrected chi connectivity index (χ0v) is 18.9. The first kappa shape index (κ1) is 22.5. The van der Waals surface area contributed by atoms with Crippen molar-refractivity contribution >= 4 is 29.9 Å². The number of hydrogen-bond donors (Lipinski definition) is 2. The molecule has 0 aromatic carbocycles. The Morgan fingerprint density at radius 2 is 2.21 bits per heavy atom. The zero-order chi connectivity index (χ0) is 18.9. The number of pyridine rings is 1. The second-order valence-corrected chi connectivity index (χ2v) is 6.55. The standard InChI is InChI=1S/C19H29N7O.HI/c1-3-20-19(23-14-15-8-7-13-26(15)4-2)22-12-10-17-24-18(27-25-17)16-9-5-6-11-21-16;/h5-6,9,11,15H,3-4,7-8,10,12-14H2,1-2H3,(H2,20,22,23);1H. The van der Waals surface area contributed by atoms with Gasteiger partial charge in [0.15, 0.2) is 11.8 Å². The van der Waals surface area contributed by atoms with Crippen LogP contribution in [0.4, 0.5) is 0 Å². The van der Waals surface area contributed by atoms with Crippen molar-refractivity contribution in [3.8, 4) is 11.6 Å². The molecule has 28 heavy (non-hydrogen) atoms. The summed E-state index contributed by atoms with van der Waals surface area (Å²) in [5.74, 6) is 1.95. The lowest BCUT2D eigenvalue weighted by atomic mass is 10.2. The molecule has 0 spiro atoms. The second-order valence-electron chi connectivity index (χ2n) is 6.55. The number of rotatable bonds is 8. The Bertz CT molecular complexity index is 722. The normalized spacial score (nSPS) is 17.4. The molecule has 2 N–H and O–H groups in total. The molecule has 9 heteroatoms. The molecular weight excluding hydrogens is 469 g/mol. The van der Waals surface area contributed by atoms with E-state index in [0.717, 1.165) is 25.6 Å². The number of hydrogen-bond acceptors (Lipinski definition) is 6. The van der Waals surface area contributed by atoms with Gasteiger partial charge in [-0.2, -0.15) is 4.98 Å². The van der Waals surface area contributed by atoms with E-state index in [2.05, 4.69) is 44.5 Å². The van der Waals surface area contributed by atoms with Crippen molar-refractivity contribution in [1.29, 1.82) is 0 Å². The summed E-state index contributed by atoms with van der Waals surface area (Å²) in [5, 5.41) is 10.7. The van der Waals surface area contributed by atoms with E-state index in [4.69, 9.17) is 9.52 Å². The van der Waals surface area contributed by atoms with E-state index < -0.39 is 0 Å². The first-order valence-electron chi connectivity index (χ1n) is 9.80. The molecule has 154 valence electrons. The van der Waals surface area contributed by atoms with Crippen molar-refractivity contribution in [3.05, 3.63) is 30.2 Å². The molecule has 1 atom stereocenters. The van der Waals surface area contributed by atoms with Crippen LogP contribution < -0.4 is 10.6 Å². The highest BCUT2D eigenvalue weighted by Gasteiger charge is 2.22. The maximum Gasteiger partial charge on any atom is 0.276 e. The number of aromatic nitrogens is 3. The van der Waals surface area contributed by atoms with Crippen LogP contribution in [0, 0.1) is 0 Å². The van der Waals surface area contributed by atoms with Crippen molar-refractivity contribution in [1.82, 2.24) is 30.7 Å². The summed E-state index contributed by atoms with van der Waals surface area (Å²) in [6.07, 6.45) is 4.87. The van der Waals surface area contributed by atoms with Crippen molar-refractivity contribution < 1.29 is 4.52 Å². The van der Waals surface area contributed by atoms with Gasteiger partial charge >= 0.3 is 0 Å². The molecule has 3 rings (SSSR count). The van der Waals surface area contributed by atoms with Crippen LogP contribution in [-0.4, -0.2) is 64.7 Å². The summed E-state index contributed by atoms with van der Waals surface area (Å²) in [7, 11) is 0. The Morgan fingerprint density at radius 3 is 2.96 bits per heavy atom. The fraction of sp³-hybridized carbons (Fsp3) is 0.579. The Balaban J connectivity index is 0.00000280. The zero-order valence-electron chi connectivity index (χ0n) is 16.6. The third-order valence-corrected chi connectivity index (χ3v) is 4.70. The third kappa shape index (κ3) is 6.40. The molecule has 2 aromatic heterocycles. The smallest absolute Gasteiger partial charge is 0.276 e. The molecule has 0 aliphatic carbocycles. The fourth-order valence-electron chi connectivity index (χ4n) is 3.30. The molecule has 8 nitrogen and oxygen atoms in total. The molecule has 3 heterocycles. The van der Waals surface area contributed by atoms with Crippen LogP contribution in [0.1, 0.15) is 32.5 Å². The van der Waals surface area contributed by atoms with Gasteiger partial charge in [0.1, 0.15) is 5.69 Å². The summed E-state index contributed by atoms with van der Waals surface area (Å²) in [6, 6.07) is 6.17. The highest BCUT2D eigenvalue weighted by molar-refractivity contribution is 14.0. The molecule has 1 unspecified atom stereocenters. The first-order chi connectivity index (χ1) is 13.3. The van der Waals surface area contributed by atoms with Gasteiger partial charge in [0.05, 0.1) is 6.54 Å². The monoisotopic (exact) mass is 499 g/mol.